The Hall–Kier alpha value is -3.58. The number of benzene rings is 3. The third-order valence-electron chi connectivity index (χ3n) is 6.38. The topological polar surface area (TPSA) is 75.4 Å². The van der Waals surface area contributed by atoms with Gasteiger partial charge in [0, 0.05) is 31.2 Å². The summed E-state index contributed by atoms with van der Waals surface area (Å²) in [6, 6.07) is 18.6. The van der Waals surface area contributed by atoms with Crippen LogP contribution >= 0.6 is 0 Å². The van der Waals surface area contributed by atoms with Crippen molar-refractivity contribution in [3.05, 3.63) is 101 Å². The molecule has 7 heteroatoms. The van der Waals surface area contributed by atoms with Gasteiger partial charge in [0.25, 0.3) is 5.91 Å². The number of hydrogen-bond acceptors (Lipinski definition) is 4. The molecule has 182 valence electrons. The third-order valence-corrected chi connectivity index (χ3v) is 6.38. The standard InChI is InChI=1S/C28H29F2N3O2/c29-21-10-11-26(33-14-12-22(31)13-15-33)20(17-21)18-27(34)25(16-19-6-2-1-3-7-19)32-28(35)23-8-4-5-9-24(23)30/h1-11,17,22,25H,12-16,18,31H2,(H,32,35). The summed E-state index contributed by atoms with van der Waals surface area (Å²) < 4.78 is 28.4. The van der Waals surface area contributed by atoms with Crippen LogP contribution in [0.2, 0.25) is 0 Å². The normalized spacial score (nSPS) is 15.0. The Balaban J connectivity index is 1.58. The van der Waals surface area contributed by atoms with Crippen LogP contribution in [0.25, 0.3) is 0 Å². The van der Waals surface area contributed by atoms with E-state index in [4.69, 9.17) is 5.73 Å². The van der Waals surface area contributed by atoms with Gasteiger partial charge in [0.1, 0.15) is 11.6 Å². The molecule has 1 aliphatic heterocycles. The predicted octanol–water partition coefficient (Wildman–Crippen LogP) is 4.05. The zero-order chi connectivity index (χ0) is 24.8. The Bertz CT molecular complexity index is 1180. The molecule has 1 amide bonds. The number of nitrogens with zero attached hydrogens (tertiary/aromatic N) is 1. The summed E-state index contributed by atoms with van der Waals surface area (Å²) in [6.07, 6.45) is 1.81. The Morgan fingerprint density at radius 2 is 1.66 bits per heavy atom. The van der Waals surface area contributed by atoms with Crippen molar-refractivity contribution in [2.75, 3.05) is 18.0 Å². The van der Waals surface area contributed by atoms with Gasteiger partial charge in [-0.2, -0.15) is 0 Å². The molecule has 4 rings (SSSR count). The van der Waals surface area contributed by atoms with E-state index in [1.807, 2.05) is 30.3 Å². The molecule has 3 N–H and O–H groups in total. The summed E-state index contributed by atoms with van der Waals surface area (Å²) in [5, 5.41) is 2.71. The fraction of sp³-hybridized carbons (Fsp3) is 0.286. The molecule has 0 bridgehead atoms. The quantitative estimate of drug-likeness (QED) is 0.514. The lowest BCUT2D eigenvalue weighted by Gasteiger charge is -2.33. The maximum Gasteiger partial charge on any atom is 0.254 e. The first kappa shape index (κ1) is 24.5. The van der Waals surface area contributed by atoms with Crippen LogP contribution < -0.4 is 16.0 Å². The Kier molecular flexibility index (Phi) is 7.87. The highest BCUT2D eigenvalue weighted by Crippen LogP contribution is 2.26. The summed E-state index contributed by atoms with van der Waals surface area (Å²) in [5.74, 6) is -2.03. The van der Waals surface area contributed by atoms with Crippen LogP contribution in [0.3, 0.4) is 0 Å². The number of carbonyl (C=O) groups excluding carboxylic acids is 2. The van der Waals surface area contributed by atoms with Gasteiger partial charge in [-0.25, -0.2) is 8.78 Å². The van der Waals surface area contributed by atoms with Crippen molar-refractivity contribution >= 4 is 17.4 Å². The summed E-state index contributed by atoms with van der Waals surface area (Å²) in [5.41, 5.74) is 8.10. The number of Topliss-reactive ketones (excluding diaryl/α,β-unsaturated/α-hetero) is 1. The lowest BCUT2D eigenvalue weighted by atomic mass is 9.95. The molecule has 1 heterocycles. The average Bonchev–Trinajstić information content (AvgIpc) is 2.85. The van der Waals surface area contributed by atoms with Gasteiger partial charge in [0.05, 0.1) is 11.6 Å². The number of carbonyl (C=O) groups is 2. The van der Waals surface area contributed by atoms with Crippen molar-refractivity contribution in [1.82, 2.24) is 5.32 Å². The molecule has 1 fully saturated rings. The summed E-state index contributed by atoms with van der Waals surface area (Å²) >= 11 is 0. The lowest BCUT2D eigenvalue weighted by Crippen LogP contribution is -2.44. The van der Waals surface area contributed by atoms with E-state index in [2.05, 4.69) is 10.2 Å². The molecule has 1 atom stereocenters. The van der Waals surface area contributed by atoms with Crippen LogP contribution in [0.1, 0.15) is 34.3 Å². The Labute approximate surface area is 203 Å². The second-order valence-corrected chi connectivity index (χ2v) is 8.94. The number of nitrogens with two attached hydrogens (primary N) is 1. The minimum absolute atomic E-state index is 0.0648. The van der Waals surface area contributed by atoms with Gasteiger partial charge in [-0.15, -0.1) is 0 Å². The van der Waals surface area contributed by atoms with E-state index < -0.39 is 23.6 Å². The lowest BCUT2D eigenvalue weighted by molar-refractivity contribution is -0.120. The van der Waals surface area contributed by atoms with Crippen molar-refractivity contribution in [3.63, 3.8) is 0 Å². The third kappa shape index (κ3) is 6.31. The molecule has 35 heavy (non-hydrogen) atoms. The highest BCUT2D eigenvalue weighted by molar-refractivity contribution is 5.98. The van der Waals surface area contributed by atoms with E-state index >= 15 is 0 Å². The van der Waals surface area contributed by atoms with Gasteiger partial charge in [-0.3, -0.25) is 9.59 Å². The molecule has 5 nitrogen and oxygen atoms in total. The number of piperidine rings is 1. The first-order valence-corrected chi connectivity index (χ1v) is 11.8. The van der Waals surface area contributed by atoms with E-state index in [0.717, 1.165) is 37.2 Å². The number of nitrogens with one attached hydrogen (secondary N) is 1. The number of halogens is 2. The van der Waals surface area contributed by atoms with Crippen LogP contribution in [-0.4, -0.2) is 36.9 Å². The molecule has 1 saturated heterocycles. The molecule has 1 aliphatic rings. The smallest absolute Gasteiger partial charge is 0.254 e. The van der Waals surface area contributed by atoms with E-state index in [9.17, 15) is 18.4 Å². The summed E-state index contributed by atoms with van der Waals surface area (Å²) in [7, 11) is 0. The minimum Gasteiger partial charge on any atom is -0.371 e. The molecule has 0 aliphatic carbocycles. The van der Waals surface area contributed by atoms with Crippen LogP contribution in [0.5, 0.6) is 0 Å². The molecular weight excluding hydrogens is 448 g/mol. The minimum atomic E-state index is -0.907. The average molecular weight is 478 g/mol. The van der Waals surface area contributed by atoms with Crippen LogP contribution in [0.15, 0.2) is 72.8 Å². The first-order valence-electron chi connectivity index (χ1n) is 11.8. The van der Waals surface area contributed by atoms with Crippen LogP contribution in [0, 0.1) is 11.6 Å². The van der Waals surface area contributed by atoms with Gasteiger partial charge in [0.15, 0.2) is 5.78 Å². The fourth-order valence-corrected chi connectivity index (χ4v) is 4.43. The van der Waals surface area contributed by atoms with Crippen molar-refractivity contribution in [2.45, 2.75) is 37.8 Å². The largest absolute Gasteiger partial charge is 0.371 e. The molecule has 0 spiro atoms. The highest BCUT2D eigenvalue weighted by Gasteiger charge is 2.26. The molecule has 0 saturated carbocycles. The van der Waals surface area contributed by atoms with Crippen molar-refractivity contribution in [2.24, 2.45) is 5.73 Å². The van der Waals surface area contributed by atoms with Crippen LogP contribution in [-0.2, 0) is 17.6 Å². The number of hydrogen-bond donors (Lipinski definition) is 2. The second-order valence-electron chi connectivity index (χ2n) is 8.94. The van der Waals surface area contributed by atoms with Gasteiger partial charge in [-0.05, 0) is 60.7 Å². The predicted molar refractivity (Wildman–Crippen MR) is 132 cm³/mol. The SMILES string of the molecule is NC1CCN(c2ccc(F)cc2CC(=O)C(Cc2ccccc2)NC(=O)c2ccccc2F)CC1. The molecule has 3 aromatic rings. The van der Waals surface area contributed by atoms with Gasteiger partial charge in [-0.1, -0.05) is 42.5 Å². The van der Waals surface area contributed by atoms with Gasteiger partial charge in [0.2, 0.25) is 0 Å². The van der Waals surface area contributed by atoms with Crippen molar-refractivity contribution < 1.29 is 18.4 Å². The van der Waals surface area contributed by atoms with Crippen LogP contribution in [0.4, 0.5) is 14.5 Å². The number of amides is 1. The highest BCUT2D eigenvalue weighted by atomic mass is 19.1. The summed E-state index contributed by atoms with van der Waals surface area (Å²) in [4.78, 5) is 28.5. The molecule has 3 aromatic carbocycles. The van der Waals surface area contributed by atoms with Crippen molar-refractivity contribution in [3.8, 4) is 0 Å². The zero-order valence-electron chi connectivity index (χ0n) is 19.4. The van der Waals surface area contributed by atoms with E-state index in [-0.39, 0.29) is 30.2 Å². The van der Waals surface area contributed by atoms with E-state index in [1.54, 1.807) is 12.1 Å². The van der Waals surface area contributed by atoms with E-state index in [1.165, 1.54) is 30.3 Å². The van der Waals surface area contributed by atoms with E-state index in [0.29, 0.717) is 5.56 Å². The zero-order valence-corrected chi connectivity index (χ0v) is 19.4. The molecular formula is C28H29F2N3O2. The fourth-order valence-electron chi connectivity index (χ4n) is 4.43. The maximum absolute atomic E-state index is 14.2. The maximum atomic E-state index is 14.2. The molecule has 1 unspecified atom stereocenters. The number of ketones is 1. The van der Waals surface area contributed by atoms with Crippen molar-refractivity contribution in [1.29, 1.82) is 0 Å². The Morgan fingerprint density at radius 1 is 0.971 bits per heavy atom. The molecule has 0 aromatic heterocycles. The first-order chi connectivity index (χ1) is 16.9. The Morgan fingerprint density at radius 3 is 2.37 bits per heavy atom. The molecule has 0 radical (unpaired) electrons. The van der Waals surface area contributed by atoms with Gasteiger partial charge < -0.3 is 16.0 Å². The van der Waals surface area contributed by atoms with Gasteiger partial charge >= 0.3 is 0 Å². The summed E-state index contributed by atoms with van der Waals surface area (Å²) in [6.45, 7) is 1.46. The number of rotatable bonds is 8. The number of anilines is 1. The second kappa shape index (κ2) is 11.2. The monoisotopic (exact) mass is 477 g/mol.